The fraction of sp³-hybridized carbons (Fsp3) is 0.737. The summed E-state index contributed by atoms with van der Waals surface area (Å²) < 4.78 is 16.0. The van der Waals surface area contributed by atoms with Crippen molar-refractivity contribution in [1.29, 1.82) is 0 Å². The Morgan fingerprint density at radius 3 is 1.25 bits per heavy atom. The topological polar surface area (TPSA) is 78.9 Å². The van der Waals surface area contributed by atoms with Crippen LogP contribution in [0.3, 0.4) is 0 Å². The van der Waals surface area contributed by atoms with Gasteiger partial charge in [-0.3, -0.25) is 0 Å². The van der Waals surface area contributed by atoms with Gasteiger partial charge in [-0.2, -0.15) is 0 Å². The molecular formula is C57H112O6. The first-order chi connectivity index (χ1) is 26.8. The lowest BCUT2D eigenvalue weighted by Crippen LogP contribution is -2.23. The highest BCUT2D eigenvalue weighted by Crippen LogP contribution is 2.39. The predicted octanol–water partition coefficient (Wildman–Crippen LogP) is 18.3. The number of ether oxygens (including phenoxy) is 3. The summed E-state index contributed by atoms with van der Waals surface area (Å²) in [6, 6.07) is 6.14. The Morgan fingerprint density at radius 2 is 0.857 bits per heavy atom. The Balaban J connectivity index is -0.000000132. The summed E-state index contributed by atoms with van der Waals surface area (Å²) in [5, 5.41) is 0. The maximum atomic E-state index is 11.8. The summed E-state index contributed by atoms with van der Waals surface area (Å²) in [5.41, 5.74) is 4.17. The Kier molecular flexibility index (Phi) is 55.6. The number of carbonyl (C=O) groups is 3. The van der Waals surface area contributed by atoms with E-state index in [2.05, 4.69) is 45.7 Å². The average molecular weight is 894 g/mol. The fourth-order valence-electron chi connectivity index (χ4n) is 7.78. The van der Waals surface area contributed by atoms with Crippen molar-refractivity contribution in [3.05, 3.63) is 71.3 Å². The first-order valence-corrected chi connectivity index (χ1v) is 22.4. The predicted molar refractivity (Wildman–Crippen MR) is 283 cm³/mol. The molecule has 6 heteroatoms. The van der Waals surface area contributed by atoms with Crippen LogP contribution in [0.2, 0.25) is 0 Å². The number of hydrogen-bond donors (Lipinski definition) is 0. The van der Waals surface area contributed by atoms with Crippen LogP contribution in [0, 0.1) is 35.5 Å². The lowest BCUT2D eigenvalue weighted by molar-refractivity contribution is -0.141. The minimum Gasteiger partial charge on any atom is -0.462 e. The standard InChI is InChI=1S/C24H32O4.C20H34O2.3C2H6.7CH4/c1-16(2)23(25)27-14-21-11-10-20(12-19-8-6-18(5)7-9-19)13-22(21)15-28-24(26)17(3)4;1-4-16-5-7-17(8-6-16)13-18-9-11-19(12-10-18)14-22-20(21)15(2)3;3*1-2;;;;;;;/h10-11,13,18-19H,1,3,6-9,12,14-15H2,2,4-5H3;16-19H,2,4-14H2,1,3H3;3*1-2H3;7*1H4. The Morgan fingerprint density at radius 1 is 0.508 bits per heavy atom. The largest absolute Gasteiger partial charge is 0.462 e. The lowest BCUT2D eigenvalue weighted by atomic mass is 9.73. The first-order valence-electron chi connectivity index (χ1n) is 22.4. The molecular weight excluding hydrogens is 781 g/mol. The zero-order valence-electron chi connectivity index (χ0n) is 38.0. The molecule has 3 saturated carbocycles. The van der Waals surface area contributed by atoms with Crippen LogP contribution in [0.1, 0.15) is 235 Å². The van der Waals surface area contributed by atoms with Crippen molar-refractivity contribution in [3.63, 3.8) is 0 Å². The van der Waals surface area contributed by atoms with Crippen LogP contribution >= 0.6 is 0 Å². The molecule has 4 rings (SSSR count). The molecule has 63 heavy (non-hydrogen) atoms. The number of rotatable bonds is 14. The van der Waals surface area contributed by atoms with E-state index in [1.54, 1.807) is 20.8 Å². The van der Waals surface area contributed by atoms with Crippen molar-refractivity contribution >= 4 is 17.9 Å². The van der Waals surface area contributed by atoms with Gasteiger partial charge in [0.1, 0.15) is 13.2 Å². The molecule has 3 aliphatic carbocycles. The van der Waals surface area contributed by atoms with Crippen LogP contribution in [-0.4, -0.2) is 24.5 Å². The van der Waals surface area contributed by atoms with Gasteiger partial charge in [-0.1, -0.05) is 203 Å². The summed E-state index contributed by atoms with van der Waals surface area (Å²) in [6.45, 7) is 33.3. The van der Waals surface area contributed by atoms with E-state index < -0.39 is 11.9 Å². The van der Waals surface area contributed by atoms with Crippen LogP contribution in [0.25, 0.3) is 0 Å². The minimum absolute atomic E-state index is 0. The first kappa shape index (κ1) is 77.1. The molecule has 0 aromatic heterocycles. The van der Waals surface area contributed by atoms with Gasteiger partial charge in [-0.25, -0.2) is 14.4 Å². The molecule has 0 amide bonds. The zero-order chi connectivity index (χ0) is 42.6. The van der Waals surface area contributed by atoms with Gasteiger partial charge in [0, 0.05) is 16.7 Å². The van der Waals surface area contributed by atoms with E-state index in [0.717, 1.165) is 41.2 Å². The SMILES string of the molecule is C.C.C.C.C.C.C.C=C(C)C(=O)OCC1CCC(CC2CCC(CC)CC2)CC1.C=C(C)C(=O)OCc1ccc(CC2CCC(C)CC2)cc1COC(=O)C(=C)C.CC.CC.CC. The fourth-order valence-corrected chi connectivity index (χ4v) is 7.78. The summed E-state index contributed by atoms with van der Waals surface area (Å²) in [6.07, 6.45) is 20.0. The number of benzene rings is 1. The Bertz CT molecular complexity index is 1290. The lowest BCUT2D eigenvalue weighted by Gasteiger charge is -2.33. The van der Waals surface area contributed by atoms with Gasteiger partial charge in [-0.05, 0) is 111 Å². The molecule has 0 unspecified atom stereocenters. The van der Waals surface area contributed by atoms with E-state index in [0.29, 0.717) is 35.2 Å². The zero-order valence-corrected chi connectivity index (χ0v) is 38.0. The summed E-state index contributed by atoms with van der Waals surface area (Å²) in [4.78, 5) is 35.0. The highest BCUT2D eigenvalue weighted by atomic mass is 16.5. The molecule has 0 bridgehead atoms. The Labute approximate surface area is 396 Å². The van der Waals surface area contributed by atoms with Crippen LogP contribution in [0.15, 0.2) is 54.7 Å². The molecule has 0 heterocycles. The molecule has 0 N–H and O–H groups in total. The van der Waals surface area contributed by atoms with Gasteiger partial charge < -0.3 is 14.2 Å². The van der Waals surface area contributed by atoms with Gasteiger partial charge >= 0.3 is 17.9 Å². The molecule has 0 aliphatic heterocycles. The summed E-state index contributed by atoms with van der Waals surface area (Å²) >= 11 is 0. The second-order valence-corrected chi connectivity index (χ2v) is 15.9. The highest BCUT2D eigenvalue weighted by molar-refractivity contribution is 5.87. The molecule has 3 aliphatic rings. The van der Waals surface area contributed by atoms with Crippen LogP contribution in [-0.2, 0) is 48.2 Å². The number of carbonyl (C=O) groups excluding carboxylic acids is 3. The quantitative estimate of drug-likeness (QED) is 0.105. The molecule has 0 atom stereocenters. The van der Waals surface area contributed by atoms with Crippen molar-refractivity contribution in [2.24, 2.45) is 35.5 Å². The molecule has 1 aromatic rings. The highest BCUT2D eigenvalue weighted by Gasteiger charge is 2.27. The van der Waals surface area contributed by atoms with Gasteiger partial charge in [0.05, 0.1) is 6.61 Å². The van der Waals surface area contributed by atoms with E-state index in [9.17, 15) is 14.4 Å². The third kappa shape index (κ3) is 32.2. The van der Waals surface area contributed by atoms with Crippen LogP contribution in [0.4, 0.5) is 0 Å². The Hall–Kier alpha value is -3.15. The molecule has 0 saturated heterocycles. The monoisotopic (exact) mass is 893 g/mol. The number of hydrogen-bond acceptors (Lipinski definition) is 6. The summed E-state index contributed by atoms with van der Waals surface area (Å²) in [5.74, 6) is 3.97. The second-order valence-electron chi connectivity index (χ2n) is 15.9. The normalized spacial score (nSPS) is 20.0. The van der Waals surface area contributed by atoms with Gasteiger partial charge in [-0.15, -0.1) is 0 Å². The van der Waals surface area contributed by atoms with E-state index in [1.165, 1.54) is 95.5 Å². The van der Waals surface area contributed by atoms with Gasteiger partial charge in [0.25, 0.3) is 0 Å². The minimum atomic E-state index is -0.426. The third-order valence-corrected chi connectivity index (χ3v) is 11.3. The summed E-state index contributed by atoms with van der Waals surface area (Å²) in [7, 11) is 0. The molecule has 1 aromatic carbocycles. The van der Waals surface area contributed by atoms with Gasteiger partial charge in [0.2, 0.25) is 0 Å². The third-order valence-electron chi connectivity index (χ3n) is 11.3. The van der Waals surface area contributed by atoms with Crippen molar-refractivity contribution < 1.29 is 28.6 Å². The van der Waals surface area contributed by atoms with E-state index in [1.807, 2.05) is 47.6 Å². The van der Waals surface area contributed by atoms with Crippen molar-refractivity contribution in [3.8, 4) is 0 Å². The molecule has 6 nitrogen and oxygen atoms in total. The van der Waals surface area contributed by atoms with Crippen LogP contribution in [0.5, 0.6) is 0 Å². The average Bonchev–Trinajstić information content (AvgIpc) is 3.22. The van der Waals surface area contributed by atoms with E-state index in [4.69, 9.17) is 14.2 Å². The van der Waals surface area contributed by atoms with Crippen LogP contribution < -0.4 is 0 Å². The molecule has 0 spiro atoms. The van der Waals surface area contributed by atoms with Gasteiger partial charge in [0.15, 0.2) is 0 Å². The smallest absolute Gasteiger partial charge is 0.333 e. The van der Waals surface area contributed by atoms with E-state index >= 15 is 0 Å². The van der Waals surface area contributed by atoms with Crippen molar-refractivity contribution in [1.82, 2.24) is 0 Å². The van der Waals surface area contributed by atoms with Crippen molar-refractivity contribution in [2.75, 3.05) is 6.61 Å². The molecule has 0 radical (unpaired) electrons. The molecule has 376 valence electrons. The maximum Gasteiger partial charge on any atom is 0.333 e. The second kappa shape index (κ2) is 45.4. The molecule has 3 fully saturated rings. The number of esters is 3. The van der Waals surface area contributed by atoms with E-state index in [-0.39, 0.29) is 71.2 Å². The van der Waals surface area contributed by atoms with Crippen molar-refractivity contribution in [2.45, 2.75) is 238 Å². The maximum absolute atomic E-state index is 11.8.